The fourth-order valence-electron chi connectivity index (χ4n) is 2.96. The van der Waals surface area contributed by atoms with Crippen LogP contribution >= 0.6 is 0 Å². The molecular formula is C14H28N2O3. The van der Waals surface area contributed by atoms with Crippen molar-refractivity contribution in [3.63, 3.8) is 0 Å². The summed E-state index contributed by atoms with van der Waals surface area (Å²) < 4.78 is 5.27. The summed E-state index contributed by atoms with van der Waals surface area (Å²) in [5.74, 6) is -0.725. The molecule has 0 amide bonds. The van der Waals surface area contributed by atoms with Gasteiger partial charge in [-0.05, 0) is 47.1 Å². The SMILES string of the molecule is COC(C)CN(C)C1CCC(NC(C)C)(C(=O)O)C1. The molecule has 3 atom stereocenters. The van der Waals surface area contributed by atoms with Crippen LogP contribution in [0.25, 0.3) is 0 Å². The van der Waals surface area contributed by atoms with Gasteiger partial charge in [0.1, 0.15) is 5.54 Å². The molecule has 0 heterocycles. The monoisotopic (exact) mass is 272 g/mol. The first-order chi connectivity index (χ1) is 8.80. The first kappa shape index (κ1) is 16.4. The van der Waals surface area contributed by atoms with Gasteiger partial charge in [-0.1, -0.05) is 0 Å². The molecule has 2 N–H and O–H groups in total. The van der Waals surface area contributed by atoms with Gasteiger partial charge in [0.25, 0.3) is 0 Å². The summed E-state index contributed by atoms with van der Waals surface area (Å²) in [6, 6.07) is 0.484. The predicted molar refractivity (Wildman–Crippen MR) is 75.4 cm³/mol. The second-order valence-corrected chi connectivity index (χ2v) is 6.07. The van der Waals surface area contributed by atoms with Crippen molar-refractivity contribution in [3.8, 4) is 0 Å². The van der Waals surface area contributed by atoms with E-state index in [4.69, 9.17) is 4.74 Å². The average molecular weight is 272 g/mol. The standard InChI is InChI=1S/C14H28N2O3/c1-10(2)15-14(13(17)18)7-6-12(8-14)16(4)9-11(3)19-5/h10-12,15H,6-9H2,1-5H3,(H,17,18). The molecule has 0 aliphatic heterocycles. The Balaban J connectivity index is 2.65. The quantitative estimate of drug-likeness (QED) is 0.732. The zero-order valence-electron chi connectivity index (χ0n) is 12.8. The molecule has 112 valence electrons. The van der Waals surface area contributed by atoms with Crippen molar-refractivity contribution in [2.75, 3.05) is 20.7 Å². The molecule has 0 spiro atoms. The molecule has 1 aliphatic carbocycles. The lowest BCUT2D eigenvalue weighted by molar-refractivity contribution is -0.145. The van der Waals surface area contributed by atoms with Crippen LogP contribution < -0.4 is 5.32 Å². The molecule has 1 aliphatic rings. The van der Waals surface area contributed by atoms with E-state index >= 15 is 0 Å². The van der Waals surface area contributed by atoms with E-state index in [0.29, 0.717) is 18.9 Å². The topological polar surface area (TPSA) is 61.8 Å². The Morgan fingerprint density at radius 1 is 1.53 bits per heavy atom. The second-order valence-electron chi connectivity index (χ2n) is 6.07. The number of likely N-dealkylation sites (N-methyl/N-ethyl adjacent to an activating group) is 1. The van der Waals surface area contributed by atoms with Gasteiger partial charge in [0.05, 0.1) is 6.10 Å². The number of methoxy groups -OCH3 is 1. The summed E-state index contributed by atoms with van der Waals surface area (Å²) in [6.07, 6.45) is 2.44. The average Bonchev–Trinajstić information content (AvgIpc) is 2.73. The molecule has 5 nitrogen and oxygen atoms in total. The van der Waals surface area contributed by atoms with Crippen LogP contribution in [0.4, 0.5) is 0 Å². The number of nitrogens with zero attached hydrogens (tertiary/aromatic N) is 1. The van der Waals surface area contributed by atoms with Gasteiger partial charge in [-0.15, -0.1) is 0 Å². The van der Waals surface area contributed by atoms with E-state index in [0.717, 1.165) is 13.0 Å². The summed E-state index contributed by atoms with van der Waals surface area (Å²) in [6.45, 7) is 6.85. The lowest BCUT2D eigenvalue weighted by atomic mass is 9.96. The van der Waals surface area contributed by atoms with Crippen molar-refractivity contribution in [2.24, 2.45) is 0 Å². The summed E-state index contributed by atoms with van der Waals surface area (Å²) in [5, 5.41) is 12.8. The highest BCUT2D eigenvalue weighted by Crippen LogP contribution is 2.33. The van der Waals surface area contributed by atoms with Crippen LogP contribution in [0, 0.1) is 0 Å². The largest absolute Gasteiger partial charge is 0.480 e. The minimum atomic E-state index is -0.761. The molecule has 0 aromatic carbocycles. The van der Waals surface area contributed by atoms with Gasteiger partial charge in [0.2, 0.25) is 0 Å². The number of ether oxygens (including phenoxy) is 1. The Morgan fingerprint density at radius 2 is 2.16 bits per heavy atom. The third kappa shape index (κ3) is 4.16. The van der Waals surface area contributed by atoms with Gasteiger partial charge in [-0.2, -0.15) is 0 Å². The molecule has 3 unspecified atom stereocenters. The van der Waals surface area contributed by atoms with Gasteiger partial charge in [-0.3, -0.25) is 10.1 Å². The highest BCUT2D eigenvalue weighted by atomic mass is 16.5. The van der Waals surface area contributed by atoms with Crippen LogP contribution in [0.3, 0.4) is 0 Å². The number of aliphatic carboxylic acids is 1. The molecule has 1 saturated carbocycles. The molecule has 0 bridgehead atoms. The lowest BCUT2D eigenvalue weighted by Gasteiger charge is -2.31. The number of carboxylic acid groups (broad SMARTS) is 1. The van der Waals surface area contributed by atoms with Crippen LogP contribution in [0.15, 0.2) is 0 Å². The maximum Gasteiger partial charge on any atom is 0.323 e. The van der Waals surface area contributed by atoms with Gasteiger partial charge < -0.3 is 14.7 Å². The summed E-state index contributed by atoms with van der Waals surface area (Å²) in [5.41, 5.74) is -0.761. The van der Waals surface area contributed by atoms with E-state index in [1.165, 1.54) is 0 Å². The molecule has 5 heteroatoms. The molecule has 0 aromatic rings. The number of nitrogens with one attached hydrogen (secondary N) is 1. The Bertz CT molecular complexity index is 309. The maximum absolute atomic E-state index is 11.6. The van der Waals surface area contributed by atoms with Crippen LogP contribution in [0.1, 0.15) is 40.0 Å². The van der Waals surface area contributed by atoms with Crippen LogP contribution in [-0.2, 0) is 9.53 Å². The second kappa shape index (κ2) is 6.68. The molecule has 0 saturated heterocycles. The van der Waals surface area contributed by atoms with Crippen LogP contribution in [0.5, 0.6) is 0 Å². The van der Waals surface area contributed by atoms with E-state index in [2.05, 4.69) is 10.2 Å². The van der Waals surface area contributed by atoms with Crippen molar-refractivity contribution >= 4 is 5.97 Å². The first-order valence-corrected chi connectivity index (χ1v) is 7.05. The van der Waals surface area contributed by atoms with Gasteiger partial charge >= 0.3 is 5.97 Å². The number of carboxylic acids is 1. The van der Waals surface area contributed by atoms with Crippen molar-refractivity contribution in [3.05, 3.63) is 0 Å². The lowest BCUT2D eigenvalue weighted by Crippen LogP contribution is -2.54. The smallest absolute Gasteiger partial charge is 0.323 e. The molecule has 0 aromatic heterocycles. The molecule has 19 heavy (non-hydrogen) atoms. The van der Waals surface area contributed by atoms with Crippen LogP contribution in [0.2, 0.25) is 0 Å². The highest BCUT2D eigenvalue weighted by Gasteiger charge is 2.46. The van der Waals surface area contributed by atoms with E-state index in [-0.39, 0.29) is 12.1 Å². The van der Waals surface area contributed by atoms with Gasteiger partial charge in [0, 0.05) is 25.7 Å². The molecule has 0 radical (unpaired) electrons. The molecule has 1 rings (SSSR count). The maximum atomic E-state index is 11.6. The zero-order chi connectivity index (χ0) is 14.6. The van der Waals surface area contributed by atoms with E-state index in [1.807, 2.05) is 27.8 Å². The fourth-order valence-corrected chi connectivity index (χ4v) is 2.96. The third-order valence-electron chi connectivity index (χ3n) is 4.03. The zero-order valence-corrected chi connectivity index (χ0v) is 12.8. The Kier molecular flexibility index (Phi) is 5.77. The van der Waals surface area contributed by atoms with E-state index < -0.39 is 11.5 Å². The highest BCUT2D eigenvalue weighted by molar-refractivity contribution is 5.79. The normalized spacial score (nSPS) is 29.1. The van der Waals surface area contributed by atoms with Crippen molar-refractivity contribution < 1.29 is 14.6 Å². The summed E-state index contributed by atoms with van der Waals surface area (Å²) >= 11 is 0. The minimum Gasteiger partial charge on any atom is -0.480 e. The molecular weight excluding hydrogens is 244 g/mol. The molecule has 1 fully saturated rings. The van der Waals surface area contributed by atoms with Crippen molar-refractivity contribution in [1.82, 2.24) is 10.2 Å². The number of carbonyl (C=O) groups is 1. The van der Waals surface area contributed by atoms with Crippen molar-refractivity contribution in [2.45, 2.75) is 63.8 Å². The van der Waals surface area contributed by atoms with Crippen LogP contribution in [-0.4, -0.2) is 60.4 Å². The van der Waals surface area contributed by atoms with Gasteiger partial charge in [-0.25, -0.2) is 0 Å². The summed E-state index contributed by atoms with van der Waals surface area (Å²) in [7, 11) is 3.75. The minimum absolute atomic E-state index is 0.169. The Morgan fingerprint density at radius 3 is 2.63 bits per heavy atom. The number of rotatable bonds is 7. The number of hydrogen-bond acceptors (Lipinski definition) is 4. The van der Waals surface area contributed by atoms with Gasteiger partial charge in [0.15, 0.2) is 0 Å². The van der Waals surface area contributed by atoms with Crippen molar-refractivity contribution in [1.29, 1.82) is 0 Å². The first-order valence-electron chi connectivity index (χ1n) is 7.05. The summed E-state index contributed by atoms with van der Waals surface area (Å²) in [4.78, 5) is 13.8. The van der Waals surface area contributed by atoms with E-state index in [1.54, 1.807) is 7.11 Å². The predicted octanol–water partition coefficient (Wildman–Crippen LogP) is 1.33. The Labute approximate surface area is 116 Å². The fraction of sp³-hybridized carbons (Fsp3) is 0.929. The van der Waals surface area contributed by atoms with E-state index in [9.17, 15) is 9.90 Å². The third-order valence-corrected chi connectivity index (χ3v) is 4.03. The Hall–Kier alpha value is -0.650. The number of hydrogen-bond donors (Lipinski definition) is 2.